The van der Waals surface area contributed by atoms with Crippen LogP contribution in [0.15, 0.2) is 12.1 Å². The van der Waals surface area contributed by atoms with Gasteiger partial charge >= 0.3 is 5.69 Å². The zero-order valence-corrected chi connectivity index (χ0v) is 10.9. The second kappa shape index (κ2) is 6.30. The summed E-state index contributed by atoms with van der Waals surface area (Å²) in [5, 5.41) is 23.6. The van der Waals surface area contributed by atoms with E-state index in [1.54, 1.807) is 6.92 Å². The van der Waals surface area contributed by atoms with E-state index in [-0.39, 0.29) is 23.9 Å². The van der Waals surface area contributed by atoms with Crippen molar-refractivity contribution in [3.05, 3.63) is 22.2 Å². The van der Waals surface area contributed by atoms with Gasteiger partial charge in [0.05, 0.1) is 10.5 Å². The van der Waals surface area contributed by atoms with Crippen molar-refractivity contribution < 1.29 is 14.8 Å². The van der Waals surface area contributed by atoms with Crippen LogP contribution in [0.3, 0.4) is 0 Å². The Hall–Kier alpha value is -1.93. The summed E-state index contributed by atoms with van der Waals surface area (Å²) in [6, 6.07) is 2.63. The van der Waals surface area contributed by atoms with Crippen molar-refractivity contribution in [1.82, 2.24) is 4.98 Å². The first-order chi connectivity index (χ1) is 8.85. The predicted molar refractivity (Wildman–Crippen MR) is 70.9 cm³/mol. The lowest BCUT2D eigenvalue weighted by Gasteiger charge is -2.23. The van der Waals surface area contributed by atoms with E-state index in [4.69, 9.17) is 10.5 Å². The highest BCUT2D eigenvalue weighted by Gasteiger charge is 2.22. The summed E-state index contributed by atoms with van der Waals surface area (Å²) in [4.78, 5) is 14.1. The number of ether oxygens (including phenoxy) is 1. The van der Waals surface area contributed by atoms with Gasteiger partial charge in [-0.2, -0.15) is 0 Å². The molecular formula is C11H18N4O4. The maximum atomic E-state index is 10.8. The second-order valence-electron chi connectivity index (χ2n) is 4.45. The third-order valence-corrected chi connectivity index (χ3v) is 2.57. The van der Waals surface area contributed by atoms with E-state index in [1.807, 2.05) is 0 Å². The molecule has 1 atom stereocenters. The number of hydrogen-bond donors (Lipinski definition) is 3. The van der Waals surface area contributed by atoms with Crippen LogP contribution in [-0.4, -0.2) is 40.9 Å². The molecule has 0 aliphatic rings. The quantitative estimate of drug-likeness (QED) is 0.493. The number of nitrogens with one attached hydrogen (secondary N) is 1. The lowest BCUT2D eigenvalue weighted by Crippen LogP contribution is -2.35. The molecule has 1 rings (SSSR count). The standard InChI is InChI=1S/C11H18N4O4/c1-11(16,5-6-19-2)7-13-10-8(15(17)18)3-4-9(12)14-10/h3-4,16H,5-7H2,1-2H3,(H3,12,13,14). The molecular weight excluding hydrogens is 252 g/mol. The normalized spacial score (nSPS) is 13.8. The Morgan fingerprint density at radius 2 is 2.32 bits per heavy atom. The lowest BCUT2D eigenvalue weighted by molar-refractivity contribution is -0.384. The van der Waals surface area contributed by atoms with Gasteiger partial charge in [-0.05, 0) is 13.0 Å². The van der Waals surface area contributed by atoms with Gasteiger partial charge < -0.3 is 20.9 Å². The number of rotatable bonds is 7. The van der Waals surface area contributed by atoms with Crippen LogP contribution in [0.2, 0.25) is 0 Å². The van der Waals surface area contributed by atoms with Crippen LogP contribution in [-0.2, 0) is 4.74 Å². The average molecular weight is 270 g/mol. The number of aromatic nitrogens is 1. The van der Waals surface area contributed by atoms with Gasteiger partial charge in [-0.15, -0.1) is 0 Å². The zero-order chi connectivity index (χ0) is 14.5. The van der Waals surface area contributed by atoms with Crippen LogP contribution in [0.1, 0.15) is 13.3 Å². The fourth-order valence-electron chi connectivity index (χ4n) is 1.43. The molecule has 1 heterocycles. The minimum atomic E-state index is -1.06. The van der Waals surface area contributed by atoms with Crippen molar-refractivity contribution in [1.29, 1.82) is 0 Å². The summed E-state index contributed by atoms with van der Waals surface area (Å²) in [5.41, 5.74) is 4.25. The molecule has 0 aliphatic carbocycles. The van der Waals surface area contributed by atoms with E-state index < -0.39 is 10.5 Å². The summed E-state index contributed by atoms with van der Waals surface area (Å²) >= 11 is 0. The molecule has 0 saturated carbocycles. The van der Waals surface area contributed by atoms with Gasteiger partial charge in [-0.1, -0.05) is 0 Å². The Bertz CT molecular complexity index is 450. The maximum Gasteiger partial charge on any atom is 0.311 e. The van der Waals surface area contributed by atoms with Gasteiger partial charge in [0.1, 0.15) is 5.82 Å². The van der Waals surface area contributed by atoms with Crippen molar-refractivity contribution >= 4 is 17.3 Å². The Morgan fingerprint density at radius 1 is 1.63 bits per heavy atom. The highest BCUT2D eigenvalue weighted by Crippen LogP contribution is 2.23. The number of nitrogens with zero attached hydrogens (tertiary/aromatic N) is 2. The molecule has 0 aromatic carbocycles. The monoisotopic (exact) mass is 270 g/mol. The van der Waals surface area contributed by atoms with Crippen molar-refractivity contribution in [3.63, 3.8) is 0 Å². The molecule has 106 valence electrons. The fraction of sp³-hybridized carbons (Fsp3) is 0.545. The lowest BCUT2D eigenvalue weighted by atomic mass is 10.0. The summed E-state index contributed by atoms with van der Waals surface area (Å²) < 4.78 is 4.88. The number of nitrogens with two attached hydrogens (primary N) is 1. The first-order valence-electron chi connectivity index (χ1n) is 5.72. The van der Waals surface area contributed by atoms with Crippen molar-refractivity contribution in [2.75, 3.05) is 31.3 Å². The molecule has 0 aliphatic heterocycles. The van der Waals surface area contributed by atoms with E-state index in [1.165, 1.54) is 19.2 Å². The van der Waals surface area contributed by atoms with Crippen LogP contribution in [0.4, 0.5) is 17.3 Å². The Labute approximate surface area is 110 Å². The van der Waals surface area contributed by atoms with Gasteiger partial charge in [-0.3, -0.25) is 10.1 Å². The van der Waals surface area contributed by atoms with Crippen molar-refractivity contribution in [2.24, 2.45) is 0 Å². The van der Waals surface area contributed by atoms with E-state index in [9.17, 15) is 15.2 Å². The molecule has 0 bridgehead atoms. The van der Waals surface area contributed by atoms with Crippen LogP contribution in [0.25, 0.3) is 0 Å². The SMILES string of the molecule is COCCC(C)(O)CNc1nc(N)ccc1[N+](=O)[O-]. The summed E-state index contributed by atoms with van der Waals surface area (Å²) in [5.74, 6) is 0.215. The predicted octanol–water partition coefficient (Wildman–Crippen LogP) is 0.771. The highest BCUT2D eigenvalue weighted by molar-refractivity contribution is 5.59. The van der Waals surface area contributed by atoms with Crippen LogP contribution >= 0.6 is 0 Å². The molecule has 8 heteroatoms. The number of methoxy groups -OCH3 is 1. The first kappa shape index (κ1) is 15.1. The Morgan fingerprint density at radius 3 is 2.89 bits per heavy atom. The van der Waals surface area contributed by atoms with Crippen molar-refractivity contribution in [3.8, 4) is 0 Å². The smallest absolute Gasteiger partial charge is 0.311 e. The van der Waals surface area contributed by atoms with Gasteiger partial charge in [0.2, 0.25) is 5.82 Å². The molecule has 1 aromatic rings. The summed E-state index contributed by atoms with van der Waals surface area (Å²) in [6.07, 6.45) is 0.395. The van der Waals surface area contributed by atoms with Crippen LogP contribution in [0, 0.1) is 10.1 Å². The number of aliphatic hydroxyl groups is 1. The van der Waals surface area contributed by atoms with Crippen LogP contribution in [0.5, 0.6) is 0 Å². The van der Waals surface area contributed by atoms with E-state index in [0.717, 1.165) is 0 Å². The highest BCUT2D eigenvalue weighted by atomic mass is 16.6. The molecule has 19 heavy (non-hydrogen) atoms. The molecule has 0 spiro atoms. The third kappa shape index (κ3) is 4.68. The van der Waals surface area contributed by atoms with E-state index in [0.29, 0.717) is 13.0 Å². The number of hydrogen-bond acceptors (Lipinski definition) is 7. The molecule has 0 radical (unpaired) electrons. The number of anilines is 2. The number of nitro groups is 1. The molecule has 1 unspecified atom stereocenters. The number of pyridine rings is 1. The third-order valence-electron chi connectivity index (χ3n) is 2.57. The molecule has 1 aromatic heterocycles. The molecule has 0 amide bonds. The Balaban J connectivity index is 2.76. The summed E-state index contributed by atoms with van der Waals surface area (Å²) in [7, 11) is 1.54. The van der Waals surface area contributed by atoms with E-state index in [2.05, 4.69) is 10.3 Å². The van der Waals surface area contributed by atoms with Gasteiger partial charge in [0, 0.05) is 32.7 Å². The molecule has 0 fully saturated rings. The first-order valence-corrected chi connectivity index (χ1v) is 5.72. The second-order valence-corrected chi connectivity index (χ2v) is 4.45. The minimum absolute atomic E-state index is 0.0442. The van der Waals surface area contributed by atoms with E-state index >= 15 is 0 Å². The topological polar surface area (TPSA) is 124 Å². The number of nitrogen functional groups attached to an aromatic ring is 1. The maximum absolute atomic E-state index is 10.8. The van der Waals surface area contributed by atoms with Crippen molar-refractivity contribution in [2.45, 2.75) is 18.9 Å². The van der Waals surface area contributed by atoms with Crippen LogP contribution < -0.4 is 11.1 Å². The largest absolute Gasteiger partial charge is 0.388 e. The molecule has 4 N–H and O–H groups in total. The van der Waals surface area contributed by atoms with Gasteiger partial charge in [0.25, 0.3) is 0 Å². The van der Waals surface area contributed by atoms with Gasteiger partial charge in [0.15, 0.2) is 0 Å². The van der Waals surface area contributed by atoms with Gasteiger partial charge in [-0.25, -0.2) is 4.98 Å². The average Bonchev–Trinajstić information content (AvgIpc) is 2.34. The minimum Gasteiger partial charge on any atom is -0.388 e. The zero-order valence-electron chi connectivity index (χ0n) is 10.9. The fourth-order valence-corrected chi connectivity index (χ4v) is 1.43. The Kier molecular flexibility index (Phi) is 5.02. The summed E-state index contributed by atoms with van der Waals surface area (Å²) in [6.45, 7) is 2.10. The molecule has 8 nitrogen and oxygen atoms in total. The molecule has 0 saturated heterocycles.